The minimum absolute atomic E-state index is 0.0163. The number of thioether (sulfide) groups is 1. The Morgan fingerprint density at radius 1 is 1.38 bits per heavy atom. The van der Waals surface area contributed by atoms with Crippen molar-refractivity contribution in [3.8, 4) is 5.75 Å². The molecule has 26 heavy (non-hydrogen) atoms. The maximum Gasteiger partial charge on any atom is 0.259 e. The van der Waals surface area contributed by atoms with Crippen LogP contribution in [-0.2, 0) is 9.59 Å². The Bertz CT molecular complexity index is 603. The van der Waals surface area contributed by atoms with Crippen molar-refractivity contribution in [1.29, 1.82) is 0 Å². The van der Waals surface area contributed by atoms with Crippen molar-refractivity contribution in [2.45, 2.75) is 31.8 Å². The van der Waals surface area contributed by atoms with Gasteiger partial charge in [-0.3, -0.25) is 9.59 Å². The monoisotopic (exact) mass is 379 g/mol. The Hall–Kier alpha value is -1.73. The van der Waals surface area contributed by atoms with E-state index in [4.69, 9.17) is 4.74 Å². The van der Waals surface area contributed by atoms with Gasteiger partial charge in [0, 0.05) is 50.2 Å². The molecule has 0 spiro atoms. The average molecular weight is 380 g/mol. The van der Waals surface area contributed by atoms with Gasteiger partial charge in [0.15, 0.2) is 6.61 Å². The number of ether oxygens (including phenoxy) is 1. The molecule has 1 heterocycles. The lowest BCUT2D eigenvalue weighted by atomic mass is 10.0. The Kier molecular flexibility index (Phi) is 8.25. The molecule has 2 unspecified atom stereocenters. The van der Waals surface area contributed by atoms with E-state index in [-0.39, 0.29) is 30.5 Å². The third-order valence-corrected chi connectivity index (χ3v) is 5.45. The molecule has 1 saturated heterocycles. The van der Waals surface area contributed by atoms with Crippen LogP contribution < -0.4 is 15.4 Å². The zero-order chi connectivity index (χ0) is 18.9. The minimum atomic E-state index is -0.135. The first-order chi connectivity index (χ1) is 12.5. The third kappa shape index (κ3) is 6.21. The third-order valence-electron chi connectivity index (χ3n) is 4.32. The molecule has 2 atom stereocenters. The summed E-state index contributed by atoms with van der Waals surface area (Å²) in [5, 5.41) is 6.50. The topological polar surface area (TPSA) is 70.7 Å². The number of nitrogens with zero attached hydrogens (tertiary/aromatic N) is 1. The molecule has 2 amide bonds. The summed E-state index contributed by atoms with van der Waals surface area (Å²) in [6.45, 7) is 2.97. The van der Waals surface area contributed by atoms with Gasteiger partial charge in [-0.2, -0.15) is 11.8 Å². The molecule has 0 saturated carbocycles. The largest absolute Gasteiger partial charge is 0.483 e. The van der Waals surface area contributed by atoms with Crippen LogP contribution in [0.15, 0.2) is 24.3 Å². The smallest absolute Gasteiger partial charge is 0.259 e. The van der Waals surface area contributed by atoms with Gasteiger partial charge in [0.1, 0.15) is 5.75 Å². The van der Waals surface area contributed by atoms with E-state index in [0.717, 1.165) is 30.0 Å². The van der Waals surface area contributed by atoms with Crippen molar-refractivity contribution in [3.05, 3.63) is 29.8 Å². The molecule has 1 aromatic carbocycles. The summed E-state index contributed by atoms with van der Waals surface area (Å²) in [4.78, 5) is 25.7. The van der Waals surface area contributed by atoms with Gasteiger partial charge in [-0.25, -0.2) is 0 Å². The van der Waals surface area contributed by atoms with E-state index in [2.05, 4.69) is 10.6 Å². The molecule has 2 rings (SSSR count). The van der Waals surface area contributed by atoms with Crippen LogP contribution in [0.5, 0.6) is 5.75 Å². The zero-order valence-corrected chi connectivity index (χ0v) is 16.6. The van der Waals surface area contributed by atoms with Gasteiger partial charge in [-0.05, 0) is 12.5 Å². The lowest BCUT2D eigenvalue weighted by molar-refractivity contribution is -0.130. The van der Waals surface area contributed by atoms with E-state index in [1.807, 2.05) is 43.0 Å². The number of para-hydroxylation sites is 1. The fraction of sp³-hybridized carbons (Fsp3) is 0.579. The molecule has 1 fully saturated rings. The van der Waals surface area contributed by atoms with Crippen LogP contribution in [0.2, 0.25) is 0 Å². The van der Waals surface area contributed by atoms with Crippen molar-refractivity contribution in [2.75, 3.05) is 38.8 Å². The van der Waals surface area contributed by atoms with Gasteiger partial charge in [-0.1, -0.05) is 25.1 Å². The minimum Gasteiger partial charge on any atom is -0.483 e. The Morgan fingerprint density at radius 3 is 2.81 bits per heavy atom. The Labute approximate surface area is 160 Å². The lowest BCUT2D eigenvalue weighted by Gasteiger charge is -2.25. The molecule has 0 bridgehead atoms. The highest BCUT2D eigenvalue weighted by molar-refractivity contribution is 7.99. The van der Waals surface area contributed by atoms with Crippen LogP contribution in [0.4, 0.5) is 0 Å². The van der Waals surface area contributed by atoms with Gasteiger partial charge in [0.2, 0.25) is 5.91 Å². The SMILES string of the molecule is CCC(NC(=O)CC1CSCCN1)c1ccccc1OCC(=O)N(C)C. The predicted octanol–water partition coefficient (Wildman–Crippen LogP) is 1.82. The Balaban J connectivity index is 1.99. The number of nitrogens with one attached hydrogen (secondary N) is 2. The van der Waals surface area contributed by atoms with E-state index < -0.39 is 0 Å². The second kappa shape index (κ2) is 10.4. The first-order valence-corrected chi connectivity index (χ1v) is 10.2. The molecule has 0 radical (unpaired) electrons. The molecule has 7 heteroatoms. The first-order valence-electron chi connectivity index (χ1n) is 9.03. The average Bonchev–Trinajstić information content (AvgIpc) is 2.65. The number of amides is 2. The van der Waals surface area contributed by atoms with E-state index in [1.54, 1.807) is 14.1 Å². The summed E-state index contributed by atoms with van der Waals surface area (Å²) < 4.78 is 5.72. The second-order valence-corrected chi connectivity index (χ2v) is 7.72. The highest BCUT2D eigenvalue weighted by Gasteiger charge is 2.21. The normalized spacial score (nSPS) is 18.0. The van der Waals surface area contributed by atoms with Gasteiger partial charge in [0.25, 0.3) is 5.91 Å². The van der Waals surface area contributed by atoms with Crippen molar-refractivity contribution >= 4 is 23.6 Å². The van der Waals surface area contributed by atoms with Gasteiger partial charge >= 0.3 is 0 Å². The van der Waals surface area contributed by atoms with Gasteiger partial charge in [-0.15, -0.1) is 0 Å². The summed E-state index contributed by atoms with van der Waals surface area (Å²) in [7, 11) is 3.40. The van der Waals surface area contributed by atoms with Crippen LogP contribution in [-0.4, -0.2) is 61.5 Å². The number of likely N-dealkylation sites (N-methyl/N-ethyl adjacent to an activating group) is 1. The van der Waals surface area contributed by atoms with Crippen LogP contribution in [0.3, 0.4) is 0 Å². The molecule has 144 valence electrons. The molecule has 1 aliphatic heterocycles. The summed E-state index contributed by atoms with van der Waals surface area (Å²) in [5.41, 5.74) is 0.904. The summed E-state index contributed by atoms with van der Waals surface area (Å²) in [6.07, 6.45) is 1.23. The summed E-state index contributed by atoms with van der Waals surface area (Å²) >= 11 is 1.88. The fourth-order valence-electron chi connectivity index (χ4n) is 2.80. The van der Waals surface area contributed by atoms with Crippen LogP contribution >= 0.6 is 11.8 Å². The predicted molar refractivity (Wildman–Crippen MR) is 106 cm³/mol. The maximum atomic E-state index is 12.5. The number of carbonyl (C=O) groups is 2. The van der Waals surface area contributed by atoms with E-state index in [9.17, 15) is 9.59 Å². The molecule has 0 aromatic heterocycles. The Morgan fingerprint density at radius 2 is 2.15 bits per heavy atom. The highest BCUT2D eigenvalue weighted by atomic mass is 32.2. The summed E-state index contributed by atoms with van der Waals surface area (Å²) in [5.74, 6) is 2.65. The van der Waals surface area contributed by atoms with Crippen molar-refractivity contribution < 1.29 is 14.3 Å². The molecule has 0 aliphatic carbocycles. The first kappa shape index (κ1) is 20.6. The molecule has 1 aromatic rings. The second-order valence-electron chi connectivity index (χ2n) is 6.57. The number of hydrogen-bond acceptors (Lipinski definition) is 5. The summed E-state index contributed by atoms with van der Waals surface area (Å²) in [6, 6.07) is 7.67. The van der Waals surface area contributed by atoms with Gasteiger partial charge in [0.05, 0.1) is 6.04 Å². The molecule has 2 N–H and O–H groups in total. The highest BCUT2D eigenvalue weighted by Crippen LogP contribution is 2.27. The van der Waals surface area contributed by atoms with E-state index in [0.29, 0.717) is 12.2 Å². The maximum absolute atomic E-state index is 12.5. The standard InChI is InChI=1S/C19H29N3O3S/c1-4-16(21-18(23)11-14-13-26-10-9-20-14)15-7-5-6-8-17(15)25-12-19(24)22(2)3/h5-8,14,16,20H,4,9-13H2,1-3H3,(H,21,23). The van der Waals surface area contributed by atoms with Crippen LogP contribution in [0.25, 0.3) is 0 Å². The fourth-order valence-corrected chi connectivity index (χ4v) is 3.75. The quantitative estimate of drug-likeness (QED) is 0.721. The zero-order valence-electron chi connectivity index (χ0n) is 15.8. The number of carbonyl (C=O) groups excluding carboxylic acids is 2. The van der Waals surface area contributed by atoms with E-state index >= 15 is 0 Å². The lowest BCUT2D eigenvalue weighted by Crippen LogP contribution is -2.42. The van der Waals surface area contributed by atoms with Crippen molar-refractivity contribution in [1.82, 2.24) is 15.5 Å². The number of rotatable bonds is 8. The molecular weight excluding hydrogens is 350 g/mol. The number of hydrogen-bond donors (Lipinski definition) is 2. The molecular formula is C19H29N3O3S. The van der Waals surface area contributed by atoms with Crippen molar-refractivity contribution in [3.63, 3.8) is 0 Å². The van der Waals surface area contributed by atoms with Gasteiger partial charge < -0.3 is 20.3 Å². The van der Waals surface area contributed by atoms with E-state index in [1.165, 1.54) is 4.90 Å². The van der Waals surface area contributed by atoms with Crippen LogP contribution in [0.1, 0.15) is 31.4 Å². The van der Waals surface area contributed by atoms with Crippen molar-refractivity contribution in [2.24, 2.45) is 0 Å². The molecule has 6 nitrogen and oxygen atoms in total. The molecule has 1 aliphatic rings. The number of benzene rings is 1. The van der Waals surface area contributed by atoms with Crippen LogP contribution in [0, 0.1) is 0 Å².